The van der Waals surface area contributed by atoms with Gasteiger partial charge in [0.15, 0.2) is 0 Å². The van der Waals surface area contributed by atoms with Crippen LogP contribution in [0, 0.1) is 11.8 Å². The summed E-state index contributed by atoms with van der Waals surface area (Å²) in [6.45, 7) is 2.10. The zero-order chi connectivity index (χ0) is 9.26. The van der Waals surface area contributed by atoms with Gasteiger partial charge in [-0.2, -0.15) is 5.10 Å². The summed E-state index contributed by atoms with van der Waals surface area (Å²) in [5.74, 6) is 1.42. The first-order valence-electron chi connectivity index (χ1n) is 5.31. The lowest BCUT2D eigenvalue weighted by Gasteiger charge is -2.33. The first-order valence-corrected chi connectivity index (χ1v) is 5.31. The Morgan fingerprint density at radius 2 is 2.46 bits per heavy atom. The summed E-state index contributed by atoms with van der Waals surface area (Å²) in [7, 11) is 0. The Labute approximate surface area is 79.8 Å². The summed E-state index contributed by atoms with van der Waals surface area (Å²) in [6, 6.07) is 0.908. The molecule has 1 aliphatic heterocycles. The largest absolute Gasteiger partial charge is 0.328 e. The molecular formula is C10H19N3. The minimum Gasteiger partial charge on any atom is -0.328 e. The van der Waals surface area contributed by atoms with Crippen molar-refractivity contribution >= 4 is 6.21 Å². The second-order valence-corrected chi connectivity index (χ2v) is 4.50. The van der Waals surface area contributed by atoms with Crippen molar-refractivity contribution in [2.24, 2.45) is 22.7 Å². The standard InChI is InChI=1S/C10H19N3/c1-7(11)5-8-3-2-4-9-6-12-13-10(8)9/h6-10,13H,2-5,11H2,1H3. The molecule has 0 saturated heterocycles. The van der Waals surface area contributed by atoms with E-state index in [0.717, 1.165) is 12.3 Å². The third kappa shape index (κ3) is 1.85. The molecule has 13 heavy (non-hydrogen) atoms. The van der Waals surface area contributed by atoms with Gasteiger partial charge in [0.1, 0.15) is 0 Å². The number of nitrogens with zero attached hydrogens (tertiary/aromatic N) is 1. The average Bonchev–Trinajstić information content (AvgIpc) is 2.51. The highest BCUT2D eigenvalue weighted by Gasteiger charge is 2.34. The first kappa shape index (κ1) is 9.00. The van der Waals surface area contributed by atoms with Gasteiger partial charge < -0.3 is 11.2 Å². The van der Waals surface area contributed by atoms with Gasteiger partial charge in [-0.05, 0) is 32.1 Å². The number of nitrogens with one attached hydrogen (secondary N) is 1. The molecule has 0 spiro atoms. The highest BCUT2D eigenvalue weighted by molar-refractivity contribution is 5.63. The Bertz CT molecular complexity index is 200. The molecular weight excluding hydrogens is 162 g/mol. The van der Waals surface area contributed by atoms with Crippen LogP contribution < -0.4 is 11.2 Å². The molecule has 0 aromatic heterocycles. The second-order valence-electron chi connectivity index (χ2n) is 4.50. The van der Waals surface area contributed by atoms with Crippen molar-refractivity contribution in [1.29, 1.82) is 0 Å². The molecule has 0 amide bonds. The maximum absolute atomic E-state index is 5.84. The topological polar surface area (TPSA) is 50.4 Å². The van der Waals surface area contributed by atoms with Crippen molar-refractivity contribution in [3.05, 3.63) is 0 Å². The van der Waals surface area contributed by atoms with Gasteiger partial charge in [-0.3, -0.25) is 0 Å². The summed E-state index contributed by atoms with van der Waals surface area (Å²) in [4.78, 5) is 0. The minimum absolute atomic E-state index is 0.325. The molecule has 0 bridgehead atoms. The zero-order valence-corrected chi connectivity index (χ0v) is 8.24. The van der Waals surface area contributed by atoms with Crippen LogP contribution in [0.4, 0.5) is 0 Å². The van der Waals surface area contributed by atoms with Crippen LogP contribution in [0.5, 0.6) is 0 Å². The number of nitrogens with two attached hydrogens (primary N) is 1. The normalized spacial score (nSPS) is 39.7. The number of hydrogen-bond acceptors (Lipinski definition) is 3. The van der Waals surface area contributed by atoms with Crippen molar-refractivity contribution in [2.75, 3.05) is 0 Å². The molecule has 4 atom stereocenters. The van der Waals surface area contributed by atoms with Crippen molar-refractivity contribution in [3.8, 4) is 0 Å². The zero-order valence-electron chi connectivity index (χ0n) is 8.24. The molecule has 1 saturated carbocycles. The van der Waals surface area contributed by atoms with E-state index in [4.69, 9.17) is 5.73 Å². The molecule has 0 aromatic carbocycles. The highest BCUT2D eigenvalue weighted by Crippen LogP contribution is 2.33. The van der Waals surface area contributed by atoms with Crippen LogP contribution in [0.2, 0.25) is 0 Å². The lowest BCUT2D eigenvalue weighted by atomic mass is 9.76. The highest BCUT2D eigenvalue weighted by atomic mass is 15.3. The van der Waals surface area contributed by atoms with Crippen molar-refractivity contribution < 1.29 is 0 Å². The SMILES string of the molecule is CC(N)CC1CCCC2C=NNC21. The van der Waals surface area contributed by atoms with E-state index in [1.807, 2.05) is 0 Å². The van der Waals surface area contributed by atoms with E-state index in [-0.39, 0.29) is 0 Å². The van der Waals surface area contributed by atoms with E-state index in [1.54, 1.807) is 0 Å². The molecule has 1 heterocycles. The Kier molecular flexibility index (Phi) is 2.54. The number of hydrazone groups is 1. The van der Waals surface area contributed by atoms with E-state index < -0.39 is 0 Å². The quantitative estimate of drug-likeness (QED) is 0.670. The molecule has 4 unspecified atom stereocenters. The van der Waals surface area contributed by atoms with E-state index in [9.17, 15) is 0 Å². The predicted octanol–water partition coefficient (Wildman–Crippen LogP) is 1.10. The van der Waals surface area contributed by atoms with Gasteiger partial charge in [-0.15, -0.1) is 0 Å². The molecule has 3 heteroatoms. The van der Waals surface area contributed by atoms with Crippen molar-refractivity contribution in [1.82, 2.24) is 5.43 Å². The molecule has 1 aliphatic carbocycles. The van der Waals surface area contributed by atoms with Crippen molar-refractivity contribution in [2.45, 2.75) is 44.7 Å². The predicted molar refractivity (Wildman–Crippen MR) is 54.5 cm³/mol. The first-order chi connectivity index (χ1) is 6.27. The maximum Gasteiger partial charge on any atom is 0.0547 e. The van der Waals surface area contributed by atoms with Crippen LogP contribution in [-0.2, 0) is 0 Å². The van der Waals surface area contributed by atoms with Gasteiger partial charge in [0.2, 0.25) is 0 Å². The van der Waals surface area contributed by atoms with Gasteiger partial charge in [-0.25, -0.2) is 0 Å². The maximum atomic E-state index is 5.84. The van der Waals surface area contributed by atoms with Crippen LogP contribution >= 0.6 is 0 Å². The number of rotatable bonds is 2. The fourth-order valence-electron chi connectivity index (χ4n) is 2.66. The van der Waals surface area contributed by atoms with E-state index in [1.165, 1.54) is 19.3 Å². The molecule has 3 N–H and O–H groups in total. The summed E-state index contributed by atoms with van der Waals surface area (Å²) < 4.78 is 0. The summed E-state index contributed by atoms with van der Waals surface area (Å²) >= 11 is 0. The number of fused-ring (bicyclic) bond motifs is 1. The molecule has 1 fully saturated rings. The Morgan fingerprint density at radius 3 is 3.23 bits per heavy atom. The van der Waals surface area contributed by atoms with Crippen LogP contribution in [-0.4, -0.2) is 18.3 Å². The lowest BCUT2D eigenvalue weighted by molar-refractivity contribution is 0.226. The molecule has 0 aromatic rings. The van der Waals surface area contributed by atoms with Crippen molar-refractivity contribution in [3.63, 3.8) is 0 Å². The molecule has 74 valence electrons. The molecule has 3 nitrogen and oxygen atoms in total. The lowest BCUT2D eigenvalue weighted by Crippen LogP contribution is -2.41. The smallest absolute Gasteiger partial charge is 0.0547 e. The summed E-state index contributed by atoms with van der Waals surface area (Å²) in [6.07, 6.45) is 7.18. The van der Waals surface area contributed by atoms with Gasteiger partial charge in [0.25, 0.3) is 0 Å². The summed E-state index contributed by atoms with van der Waals surface area (Å²) in [5.41, 5.74) is 9.07. The van der Waals surface area contributed by atoms with Gasteiger partial charge in [0.05, 0.1) is 6.04 Å². The van der Waals surface area contributed by atoms with Crippen LogP contribution in [0.25, 0.3) is 0 Å². The summed E-state index contributed by atoms with van der Waals surface area (Å²) in [5, 5.41) is 4.17. The van der Waals surface area contributed by atoms with Gasteiger partial charge in [0, 0.05) is 18.2 Å². The Balaban J connectivity index is 1.95. The van der Waals surface area contributed by atoms with Crippen LogP contribution in [0.3, 0.4) is 0 Å². The van der Waals surface area contributed by atoms with E-state index >= 15 is 0 Å². The third-order valence-corrected chi connectivity index (χ3v) is 3.25. The van der Waals surface area contributed by atoms with E-state index in [0.29, 0.717) is 18.0 Å². The van der Waals surface area contributed by atoms with E-state index in [2.05, 4.69) is 23.7 Å². The second kappa shape index (κ2) is 3.66. The Hall–Kier alpha value is -0.570. The average molecular weight is 181 g/mol. The molecule has 2 rings (SSSR count). The fraction of sp³-hybridized carbons (Fsp3) is 0.900. The van der Waals surface area contributed by atoms with Gasteiger partial charge >= 0.3 is 0 Å². The number of hydrogen-bond donors (Lipinski definition) is 2. The third-order valence-electron chi connectivity index (χ3n) is 3.25. The monoisotopic (exact) mass is 181 g/mol. The van der Waals surface area contributed by atoms with Gasteiger partial charge in [-0.1, -0.05) is 6.42 Å². The Morgan fingerprint density at radius 1 is 1.62 bits per heavy atom. The fourth-order valence-corrected chi connectivity index (χ4v) is 2.66. The minimum atomic E-state index is 0.325. The molecule has 0 radical (unpaired) electrons. The van der Waals surface area contributed by atoms with Crippen LogP contribution in [0.1, 0.15) is 32.6 Å². The molecule has 2 aliphatic rings. The van der Waals surface area contributed by atoms with Crippen LogP contribution in [0.15, 0.2) is 5.10 Å².